The van der Waals surface area contributed by atoms with Gasteiger partial charge in [0, 0.05) is 18.7 Å². The molecule has 0 aromatic carbocycles. The van der Waals surface area contributed by atoms with Gasteiger partial charge in [-0.25, -0.2) is 4.98 Å². The molecule has 2 atom stereocenters. The zero-order valence-corrected chi connectivity index (χ0v) is 10.1. The number of carbonyl (C=O) groups is 1. The summed E-state index contributed by atoms with van der Waals surface area (Å²) in [6.07, 6.45) is 5.51. The smallest absolute Gasteiger partial charge is 0.225 e. The summed E-state index contributed by atoms with van der Waals surface area (Å²) >= 11 is 0. The monoisotopic (exact) mass is 233 g/mol. The molecule has 1 saturated carbocycles. The minimum Gasteiger partial charge on any atom is -0.327 e. The molecular formula is C13H19N3O. The zero-order valence-electron chi connectivity index (χ0n) is 10.1. The molecule has 0 spiro atoms. The normalized spacial score (nSPS) is 23.6. The highest BCUT2D eigenvalue weighted by molar-refractivity contribution is 5.89. The number of nitrogens with one attached hydrogen (secondary N) is 1. The number of hydrogen-bond acceptors (Lipinski definition) is 3. The highest BCUT2D eigenvalue weighted by Gasteiger charge is 2.25. The van der Waals surface area contributed by atoms with Crippen LogP contribution in [0.5, 0.6) is 0 Å². The van der Waals surface area contributed by atoms with E-state index in [4.69, 9.17) is 5.73 Å². The standard InChI is InChI=1S/C13H19N3O/c1-9-5-6-12(15-8-9)16-13(17)7-10-3-2-4-11(10)14/h5-6,8,10-11H,2-4,7,14H2,1H3,(H,15,16,17)/t10-,11+/m0/s1. The first kappa shape index (κ1) is 12.0. The van der Waals surface area contributed by atoms with Crippen LogP contribution in [0.3, 0.4) is 0 Å². The molecule has 0 bridgehead atoms. The minimum atomic E-state index is 0.0173. The number of aryl methyl sites for hydroxylation is 1. The first-order valence-corrected chi connectivity index (χ1v) is 6.13. The quantitative estimate of drug-likeness (QED) is 0.837. The molecule has 0 unspecified atom stereocenters. The van der Waals surface area contributed by atoms with Gasteiger partial charge in [0.2, 0.25) is 5.91 Å². The largest absolute Gasteiger partial charge is 0.327 e. The summed E-state index contributed by atoms with van der Waals surface area (Å²) < 4.78 is 0. The minimum absolute atomic E-state index is 0.0173. The molecular weight excluding hydrogens is 214 g/mol. The fraction of sp³-hybridized carbons (Fsp3) is 0.538. The number of nitrogens with zero attached hydrogens (tertiary/aromatic N) is 1. The molecule has 1 heterocycles. The lowest BCUT2D eigenvalue weighted by atomic mass is 10.00. The van der Waals surface area contributed by atoms with Gasteiger partial charge < -0.3 is 11.1 Å². The predicted molar refractivity (Wildman–Crippen MR) is 67.5 cm³/mol. The van der Waals surface area contributed by atoms with Gasteiger partial charge in [-0.15, -0.1) is 0 Å². The summed E-state index contributed by atoms with van der Waals surface area (Å²) in [4.78, 5) is 15.9. The maximum Gasteiger partial charge on any atom is 0.225 e. The molecule has 1 amide bonds. The number of carbonyl (C=O) groups excluding carboxylic acids is 1. The summed E-state index contributed by atoms with van der Waals surface area (Å²) in [7, 11) is 0. The molecule has 1 aliphatic rings. The van der Waals surface area contributed by atoms with E-state index < -0.39 is 0 Å². The van der Waals surface area contributed by atoms with E-state index in [-0.39, 0.29) is 11.9 Å². The molecule has 1 aromatic rings. The number of nitrogens with two attached hydrogens (primary N) is 1. The maximum atomic E-state index is 11.8. The van der Waals surface area contributed by atoms with Crippen molar-refractivity contribution in [3.05, 3.63) is 23.9 Å². The average molecular weight is 233 g/mol. The van der Waals surface area contributed by atoms with Gasteiger partial charge in [-0.2, -0.15) is 0 Å². The Morgan fingerprint density at radius 3 is 2.94 bits per heavy atom. The third kappa shape index (κ3) is 3.27. The Bertz CT molecular complexity index is 388. The van der Waals surface area contributed by atoms with Crippen LogP contribution in [0, 0.1) is 12.8 Å². The van der Waals surface area contributed by atoms with Crippen molar-refractivity contribution in [1.82, 2.24) is 4.98 Å². The number of rotatable bonds is 3. The molecule has 1 aromatic heterocycles. The topological polar surface area (TPSA) is 68.0 Å². The van der Waals surface area contributed by atoms with Gasteiger partial charge >= 0.3 is 0 Å². The predicted octanol–water partition coefficient (Wildman–Crippen LogP) is 1.85. The van der Waals surface area contributed by atoms with Crippen LogP contribution in [0.4, 0.5) is 5.82 Å². The Hall–Kier alpha value is -1.42. The van der Waals surface area contributed by atoms with Crippen LogP contribution in [0.2, 0.25) is 0 Å². The third-order valence-corrected chi connectivity index (χ3v) is 3.34. The molecule has 4 heteroatoms. The molecule has 0 aliphatic heterocycles. The highest BCUT2D eigenvalue weighted by atomic mass is 16.1. The third-order valence-electron chi connectivity index (χ3n) is 3.34. The van der Waals surface area contributed by atoms with Gasteiger partial charge in [-0.1, -0.05) is 12.5 Å². The number of amides is 1. The fourth-order valence-corrected chi connectivity index (χ4v) is 2.29. The Morgan fingerprint density at radius 1 is 1.53 bits per heavy atom. The summed E-state index contributed by atoms with van der Waals surface area (Å²) in [6.45, 7) is 1.97. The molecule has 0 saturated heterocycles. The first-order valence-electron chi connectivity index (χ1n) is 6.13. The van der Waals surface area contributed by atoms with Crippen molar-refractivity contribution in [3.63, 3.8) is 0 Å². The molecule has 92 valence electrons. The van der Waals surface area contributed by atoms with E-state index in [2.05, 4.69) is 10.3 Å². The summed E-state index contributed by atoms with van der Waals surface area (Å²) in [5.74, 6) is 0.969. The second kappa shape index (κ2) is 5.27. The van der Waals surface area contributed by atoms with Crippen molar-refractivity contribution >= 4 is 11.7 Å². The van der Waals surface area contributed by atoms with Gasteiger partial charge in [0.05, 0.1) is 0 Å². The molecule has 0 radical (unpaired) electrons. The van der Waals surface area contributed by atoms with E-state index in [0.29, 0.717) is 18.2 Å². The molecule has 3 N–H and O–H groups in total. The number of aromatic nitrogens is 1. The van der Waals surface area contributed by atoms with E-state index in [1.54, 1.807) is 6.20 Å². The highest BCUT2D eigenvalue weighted by Crippen LogP contribution is 2.26. The van der Waals surface area contributed by atoms with Crippen LogP contribution in [0.25, 0.3) is 0 Å². The van der Waals surface area contributed by atoms with Crippen LogP contribution in [0.1, 0.15) is 31.2 Å². The lowest BCUT2D eigenvalue weighted by Gasteiger charge is -2.14. The van der Waals surface area contributed by atoms with Gasteiger partial charge in [0.15, 0.2) is 0 Å². The van der Waals surface area contributed by atoms with Crippen molar-refractivity contribution in [2.24, 2.45) is 11.7 Å². The van der Waals surface area contributed by atoms with E-state index >= 15 is 0 Å². The second-order valence-electron chi connectivity index (χ2n) is 4.83. The molecule has 1 aliphatic carbocycles. The van der Waals surface area contributed by atoms with Gasteiger partial charge in [0.1, 0.15) is 5.82 Å². The number of hydrogen-bond donors (Lipinski definition) is 2. The van der Waals surface area contributed by atoms with Crippen LogP contribution in [-0.4, -0.2) is 16.9 Å². The van der Waals surface area contributed by atoms with Crippen LogP contribution < -0.4 is 11.1 Å². The van der Waals surface area contributed by atoms with E-state index in [0.717, 1.165) is 24.8 Å². The Balaban J connectivity index is 1.86. The fourth-order valence-electron chi connectivity index (χ4n) is 2.29. The van der Waals surface area contributed by atoms with Crippen LogP contribution >= 0.6 is 0 Å². The van der Waals surface area contributed by atoms with Gasteiger partial charge in [0.25, 0.3) is 0 Å². The van der Waals surface area contributed by atoms with Gasteiger partial charge in [-0.05, 0) is 37.3 Å². The van der Waals surface area contributed by atoms with Crippen molar-refractivity contribution in [2.75, 3.05) is 5.32 Å². The second-order valence-corrected chi connectivity index (χ2v) is 4.83. The lowest BCUT2D eigenvalue weighted by molar-refractivity contribution is -0.117. The Morgan fingerprint density at radius 2 is 2.35 bits per heavy atom. The molecule has 2 rings (SSSR count). The van der Waals surface area contributed by atoms with E-state index in [9.17, 15) is 4.79 Å². The van der Waals surface area contributed by atoms with Crippen molar-refractivity contribution in [1.29, 1.82) is 0 Å². The molecule has 4 nitrogen and oxygen atoms in total. The lowest BCUT2D eigenvalue weighted by Crippen LogP contribution is -2.28. The maximum absolute atomic E-state index is 11.8. The van der Waals surface area contributed by atoms with Gasteiger partial charge in [-0.3, -0.25) is 4.79 Å². The van der Waals surface area contributed by atoms with Crippen molar-refractivity contribution in [3.8, 4) is 0 Å². The molecule has 1 fully saturated rings. The summed E-state index contributed by atoms with van der Waals surface area (Å²) in [5, 5.41) is 2.81. The van der Waals surface area contributed by atoms with Crippen molar-refractivity contribution < 1.29 is 4.79 Å². The first-order chi connectivity index (χ1) is 8.15. The number of anilines is 1. The van der Waals surface area contributed by atoms with Crippen LogP contribution in [0.15, 0.2) is 18.3 Å². The van der Waals surface area contributed by atoms with Crippen molar-refractivity contribution in [2.45, 2.75) is 38.6 Å². The zero-order chi connectivity index (χ0) is 12.3. The van der Waals surface area contributed by atoms with E-state index in [1.165, 1.54) is 0 Å². The van der Waals surface area contributed by atoms with E-state index in [1.807, 2.05) is 19.1 Å². The van der Waals surface area contributed by atoms with Crippen LogP contribution in [-0.2, 0) is 4.79 Å². The summed E-state index contributed by atoms with van der Waals surface area (Å²) in [5.41, 5.74) is 7.03. The average Bonchev–Trinajstić information content (AvgIpc) is 2.68. The number of pyridine rings is 1. The Kier molecular flexibility index (Phi) is 3.74. The molecule has 17 heavy (non-hydrogen) atoms. The SMILES string of the molecule is Cc1ccc(NC(=O)C[C@@H]2CCC[C@H]2N)nc1. The Labute approximate surface area is 102 Å². The summed E-state index contributed by atoms with van der Waals surface area (Å²) in [6, 6.07) is 3.94.